The topological polar surface area (TPSA) is 91.5 Å². The zero-order chi connectivity index (χ0) is 25.9. The molecule has 2 aromatic carbocycles. The normalized spacial score (nSPS) is 12.3. The number of halogens is 3. The van der Waals surface area contributed by atoms with Crippen molar-refractivity contribution in [3.63, 3.8) is 0 Å². The molecule has 0 bridgehead atoms. The first-order valence-electron chi connectivity index (χ1n) is 10.9. The maximum atomic E-state index is 13.8. The van der Waals surface area contributed by atoms with Crippen LogP contribution in [0.15, 0.2) is 36.4 Å². The Labute approximate surface area is 206 Å². The first-order chi connectivity index (χ1) is 16.4. The van der Waals surface area contributed by atoms with E-state index in [1.807, 2.05) is 0 Å². The lowest BCUT2D eigenvalue weighted by molar-refractivity contribution is -0.134. The lowest BCUT2D eigenvalue weighted by Gasteiger charge is -2.31. The summed E-state index contributed by atoms with van der Waals surface area (Å²) < 4.78 is 32.8. The summed E-state index contributed by atoms with van der Waals surface area (Å²) in [5.41, 5.74) is 0.0423. The third-order valence-electron chi connectivity index (χ3n) is 5.05. The molecule has 2 N–H and O–H groups in total. The summed E-state index contributed by atoms with van der Waals surface area (Å²) in [4.78, 5) is 42.8. The molecule has 186 valence electrons. The molecule has 1 atom stereocenters. The van der Waals surface area contributed by atoms with Gasteiger partial charge in [0.05, 0.1) is 6.61 Å². The fourth-order valence-electron chi connectivity index (χ4n) is 3.83. The van der Waals surface area contributed by atoms with E-state index in [-0.39, 0.29) is 30.0 Å². The van der Waals surface area contributed by atoms with Gasteiger partial charge >= 0.3 is 5.97 Å². The minimum Gasteiger partial charge on any atom is -0.461 e. The lowest BCUT2D eigenvalue weighted by Crippen LogP contribution is -2.47. The molecular formula is C25H26ClF2N3O4. The van der Waals surface area contributed by atoms with Gasteiger partial charge in [-0.25, -0.2) is 13.6 Å². The summed E-state index contributed by atoms with van der Waals surface area (Å²) in [6.45, 7) is 6.69. The van der Waals surface area contributed by atoms with E-state index in [1.165, 1.54) is 0 Å². The van der Waals surface area contributed by atoms with E-state index in [0.29, 0.717) is 28.4 Å². The number of amides is 2. The van der Waals surface area contributed by atoms with Crippen LogP contribution < -0.4 is 5.32 Å². The quantitative estimate of drug-likeness (QED) is 0.337. The molecule has 1 heterocycles. The van der Waals surface area contributed by atoms with Crippen LogP contribution in [0, 0.1) is 11.6 Å². The standard InChI is InChI=1S/C25H26ClF2N3O4/c1-5-35-24(34)21-20(18-7-6-15(26)10-19(18)29-21)22(23(33)30-25(2,3)4)31(13-32)12-14-8-16(27)11-17(28)9-14/h6-11,13,22,29H,5,12H2,1-4H3,(H,30,33). The van der Waals surface area contributed by atoms with Crippen LogP contribution in [-0.4, -0.2) is 40.3 Å². The third-order valence-corrected chi connectivity index (χ3v) is 5.29. The number of esters is 1. The zero-order valence-electron chi connectivity index (χ0n) is 19.7. The fourth-order valence-corrected chi connectivity index (χ4v) is 4.00. The number of nitrogens with one attached hydrogen (secondary N) is 2. The van der Waals surface area contributed by atoms with E-state index in [2.05, 4.69) is 10.3 Å². The van der Waals surface area contributed by atoms with Crippen molar-refractivity contribution in [1.82, 2.24) is 15.2 Å². The van der Waals surface area contributed by atoms with Crippen molar-refractivity contribution in [3.8, 4) is 0 Å². The first kappa shape index (κ1) is 26.2. The molecule has 0 aliphatic heterocycles. The van der Waals surface area contributed by atoms with Crippen molar-refractivity contribution in [3.05, 3.63) is 69.9 Å². The number of benzene rings is 2. The SMILES string of the molecule is CCOC(=O)c1[nH]c2cc(Cl)ccc2c1C(C(=O)NC(C)(C)C)N(C=O)Cc1cc(F)cc(F)c1. The van der Waals surface area contributed by atoms with Crippen LogP contribution in [0.4, 0.5) is 8.78 Å². The smallest absolute Gasteiger partial charge is 0.355 e. The van der Waals surface area contributed by atoms with Crippen LogP contribution in [0.3, 0.4) is 0 Å². The Bertz CT molecular complexity index is 1250. The molecule has 0 saturated carbocycles. The highest BCUT2D eigenvalue weighted by Gasteiger charge is 2.36. The van der Waals surface area contributed by atoms with Gasteiger partial charge < -0.3 is 19.9 Å². The van der Waals surface area contributed by atoms with E-state index >= 15 is 0 Å². The van der Waals surface area contributed by atoms with Crippen LogP contribution in [-0.2, 0) is 20.9 Å². The summed E-state index contributed by atoms with van der Waals surface area (Å²) in [5.74, 6) is -2.97. The molecule has 0 aliphatic carbocycles. The molecule has 2 amide bonds. The Balaban J connectivity index is 2.23. The predicted molar refractivity (Wildman–Crippen MR) is 128 cm³/mol. The van der Waals surface area contributed by atoms with Gasteiger partial charge in [-0.1, -0.05) is 17.7 Å². The molecule has 10 heteroatoms. The first-order valence-corrected chi connectivity index (χ1v) is 11.3. The van der Waals surface area contributed by atoms with Gasteiger partial charge in [-0.05, 0) is 57.5 Å². The Hall–Kier alpha value is -3.46. The second-order valence-corrected chi connectivity index (χ2v) is 9.46. The highest BCUT2D eigenvalue weighted by molar-refractivity contribution is 6.31. The molecule has 0 spiro atoms. The largest absolute Gasteiger partial charge is 0.461 e. The Morgan fingerprint density at radius 1 is 1.17 bits per heavy atom. The van der Waals surface area contributed by atoms with Crippen molar-refractivity contribution in [1.29, 1.82) is 0 Å². The Morgan fingerprint density at radius 2 is 1.83 bits per heavy atom. The maximum absolute atomic E-state index is 13.8. The molecular weight excluding hydrogens is 480 g/mol. The second kappa shape index (κ2) is 10.4. The van der Waals surface area contributed by atoms with Gasteiger partial charge in [-0.15, -0.1) is 0 Å². The van der Waals surface area contributed by atoms with Gasteiger partial charge in [0, 0.05) is 39.6 Å². The summed E-state index contributed by atoms with van der Waals surface area (Å²) in [7, 11) is 0. The van der Waals surface area contributed by atoms with E-state index in [1.54, 1.807) is 45.9 Å². The van der Waals surface area contributed by atoms with Gasteiger partial charge in [0.15, 0.2) is 0 Å². The van der Waals surface area contributed by atoms with Gasteiger partial charge in [-0.3, -0.25) is 9.59 Å². The van der Waals surface area contributed by atoms with E-state index in [0.717, 1.165) is 17.0 Å². The van der Waals surface area contributed by atoms with Gasteiger partial charge in [0.25, 0.3) is 0 Å². The van der Waals surface area contributed by atoms with Crippen molar-refractivity contribution in [2.24, 2.45) is 0 Å². The molecule has 0 fully saturated rings. The van der Waals surface area contributed by atoms with Crippen LogP contribution >= 0.6 is 11.6 Å². The van der Waals surface area contributed by atoms with Crippen molar-refractivity contribution in [2.75, 3.05) is 6.61 Å². The Kier molecular flexibility index (Phi) is 7.80. The average Bonchev–Trinajstić information content (AvgIpc) is 3.09. The van der Waals surface area contributed by atoms with Crippen LogP contribution in [0.2, 0.25) is 5.02 Å². The van der Waals surface area contributed by atoms with E-state index < -0.39 is 35.1 Å². The molecule has 7 nitrogen and oxygen atoms in total. The summed E-state index contributed by atoms with van der Waals surface area (Å²) in [6, 6.07) is 6.29. The van der Waals surface area contributed by atoms with Crippen molar-refractivity contribution in [2.45, 2.75) is 45.8 Å². The van der Waals surface area contributed by atoms with Gasteiger partial charge in [0.1, 0.15) is 23.4 Å². The number of fused-ring (bicyclic) bond motifs is 1. The highest BCUT2D eigenvalue weighted by atomic mass is 35.5. The Morgan fingerprint density at radius 3 is 2.40 bits per heavy atom. The molecule has 0 radical (unpaired) electrons. The molecule has 0 saturated heterocycles. The van der Waals surface area contributed by atoms with Crippen LogP contribution in [0.5, 0.6) is 0 Å². The monoisotopic (exact) mass is 505 g/mol. The summed E-state index contributed by atoms with van der Waals surface area (Å²) >= 11 is 6.12. The molecule has 0 aliphatic rings. The minimum absolute atomic E-state index is 0.0320. The van der Waals surface area contributed by atoms with Gasteiger partial charge in [0.2, 0.25) is 12.3 Å². The van der Waals surface area contributed by atoms with Crippen LogP contribution in [0.25, 0.3) is 10.9 Å². The minimum atomic E-state index is -1.34. The molecule has 3 aromatic rings. The molecule has 1 unspecified atom stereocenters. The fraction of sp³-hybridized carbons (Fsp3) is 0.320. The predicted octanol–water partition coefficient (Wildman–Crippen LogP) is 4.89. The molecule has 3 rings (SSSR count). The number of aromatic amines is 1. The number of nitrogens with zero attached hydrogens (tertiary/aromatic N) is 1. The molecule has 35 heavy (non-hydrogen) atoms. The van der Waals surface area contributed by atoms with E-state index in [9.17, 15) is 23.2 Å². The molecule has 1 aromatic heterocycles. The van der Waals surface area contributed by atoms with Crippen molar-refractivity contribution >= 4 is 40.8 Å². The highest BCUT2D eigenvalue weighted by Crippen LogP contribution is 2.35. The third kappa shape index (κ3) is 6.16. The average molecular weight is 506 g/mol. The number of aromatic nitrogens is 1. The van der Waals surface area contributed by atoms with E-state index in [4.69, 9.17) is 16.3 Å². The summed E-state index contributed by atoms with van der Waals surface area (Å²) in [6.07, 6.45) is 0.402. The number of carbonyl (C=O) groups excluding carboxylic acids is 3. The maximum Gasteiger partial charge on any atom is 0.355 e. The van der Waals surface area contributed by atoms with Crippen molar-refractivity contribution < 1.29 is 27.9 Å². The lowest BCUT2D eigenvalue weighted by atomic mass is 9.98. The number of hydrogen-bond acceptors (Lipinski definition) is 4. The second-order valence-electron chi connectivity index (χ2n) is 9.02. The zero-order valence-corrected chi connectivity index (χ0v) is 20.5. The van der Waals surface area contributed by atoms with Crippen LogP contribution in [0.1, 0.15) is 55.4 Å². The number of carbonyl (C=O) groups is 3. The summed E-state index contributed by atoms with van der Waals surface area (Å²) in [5, 5.41) is 3.68. The number of hydrogen-bond donors (Lipinski definition) is 2. The number of H-pyrrole nitrogens is 1. The number of rotatable bonds is 8. The van der Waals surface area contributed by atoms with Gasteiger partial charge in [-0.2, -0.15) is 0 Å². The number of ether oxygens (including phenoxy) is 1.